The Kier molecular flexibility index (Phi) is 7.42. The van der Waals surface area contributed by atoms with Crippen LogP contribution in [0.1, 0.15) is 23.3 Å². The summed E-state index contributed by atoms with van der Waals surface area (Å²) in [7, 11) is 5.87. The average Bonchev–Trinajstić information content (AvgIpc) is 3.21. The van der Waals surface area contributed by atoms with Crippen LogP contribution in [0.4, 0.5) is 0 Å². The molecule has 2 heterocycles. The van der Waals surface area contributed by atoms with Crippen LogP contribution in [0, 0.1) is 5.92 Å². The zero-order valence-electron chi connectivity index (χ0n) is 17.0. The van der Waals surface area contributed by atoms with E-state index in [-0.39, 0.29) is 5.91 Å². The summed E-state index contributed by atoms with van der Waals surface area (Å²) in [5.74, 6) is 1.23. The van der Waals surface area contributed by atoms with E-state index in [9.17, 15) is 4.79 Å². The van der Waals surface area contributed by atoms with Gasteiger partial charge in [0.15, 0.2) is 0 Å². The summed E-state index contributed by atoms with van der Waals surface area (Å²) in [6.07, 6.45) is 2.27. The van der Waals surface area contributed by atoms with E-state index in [2.05, 4.69) is 34.2 Å². The number of methoxy groups -OCH3 is 1. The second-order valence-corrected chi connectivity index (χ2v) is 8.39. The van der Waals surface area contributed by atoms with E-state index in [4.69, 9.17) is 4.74 Å². The number of likely N-dealkylation sites (tertiary alicyclic amines) is 1. The predicted molar refractivity (Wildman–Crippen MR) is 114 cm³/mol. The zero-order chi connectivity index (χ0) is 19.9. The second-order valence-electron chi connectivity index (χ2n) is 7.54. The minimum atomic E-state index is -0.0903. The molecule has 6 nitrogen and oxygen atoms in total. The smallest absolute Gasteiger partial charge is 0.270 e. The summed E-state index contributed by atoms with van der Waals surface area (Å²) in [4.78, 5) is 21.8. The number of carbonyl (C=O) groups excluding carboxylic acids is 1. The van der Waals surface area contributed by atoms with Crippen molar-refractivity contribution in [3.63, 3.8) is 0 Å². The Morgan fingerprint density at radius 1 is 1.32 bits per heavy atom. The van der Waals surface area contributed by atoms with E-state index in [0.29, 0.717) is 11.6 Å². The Morgan fingerprint density at radius 3 is 2.79 bits per heavy atom. The van der Waals surface area contributed by atoms with Gasteiger partial charge in [0.05, 0.1) is 12.7 Å². The molecule has 7 heteroatoms. The number of thiazole rings is 1. The lowest BCUT2D eigenvalue weighted by atomic mass is 9.97. The molecule has 1 N–H and O–H groups in total. The first-order valence-corrected chi connectivity index (χ1v) is 10.7. The first-order chi connectivity index (χ1) is 13.6. The average molecular weight is 403 g/mol. The molecule has 1 aromatic carbocycles. The SMILES string of the molecule is COc1ccccc1-c1nc(C(=O)NCC2CCN(CCN(C)C)CC2)cs1. The molecule has 0 unspecified atom stereocenters. The van der Waals surface area contributed by atoms with Crippen LogP contribution in [0.25, 0.3) is 10.6 Å². The number of rotatable bonds is 8. The molecule has 1 aliphatic rings. The molecule has 1 saturated heterocycles. The van der Waals surface area contributed by atoms with Crippen LogP contribution in [0.2, 0.25) is 0 Å². The molecule has 0 spiro atoms. The molecule has 3 rings (SSSR count). The highest BCUT2D eigenvalue weighted by molar-refractivity contribution is 7.13. The Bertz CT molecular complexity index is 769. The summed E-state index contributed by atoms with van der Waals surface area (Å²) in [6.45, 7) is 5.17. The number of amides is 1. The van der Waals surface area contributed by atoms with Crippen molar-refractivity contribution >= 4 is 17.2 Å². The predicted octanol–water partition coefficient (Wildman–Crippen LogP) is 2.82. The zero-order valence-corrected chi connectivity index (χ0v) is 17.8. The van der Waals surface area contributed by atoms with E-state index in [0.717, 1.165) is 61.9 Å². The van der Waals surface area contributed by atoms with Gasteiger partial charge in [0.1, 0.15) is 16.5 Å². The number of para-hydroxylation sites is 1. The molecule has 0 aliphatic carbocycles. The van der Waals surface area contributed by atoms with Gasteiger partial charge < -0.3 is 19.9 Å². The highest BCUT2D eigenvalue weighted by Gasteiger charge is 2.20. The minimum absolute atomic E-state index is 0.0903. The Hall–Kier alpha value is -1.96. The van der Waals surface area contributed by atoms with E-state index in [1.54, 1.807) is 7.11 Å². The molecule has 28 heavy (non-hydrogen) atoms. The fourth-order valence-electron chi connectivity index (χ4n) is 3.41. The maximum Gasteiger partial charge on any atom is 0.270 e. The van der Waals surface area contributed by atoms with Crippen molar-refractivity contribution in [1.82, 2.24) is 20.1 Å². The van der Waals surface area contributed by atoms with Gasteiger partial charge in [0, 0.05) is 25.0 Å². The van der Waals surface area contributed by atoms with E-state index < -0.39 is 0 Å². The van der Waals surface area contributed by atoms with Crippen molar-refractivity contribution in [3.05, 3.63) is 35.3 Å². The maximum atomic E-state index is 12.5. The van der Waals surface area contributed by atoms with Crippen LogP contribution < -0.4 is 10.1 Å². The number of benzene rings is 1. The molecule has 0 saturated carbocycles. The van der Waals surface area contributed by atoms with Crippen molar-refractivity contribution in [2.75, 3.05) is 53.9 Å². The number of nitrogens with one attached hydrogen (secondary N) is 1. The van der Waals surface area contributed by atoms with Crippen molar-refractivity contribution in [2.24, 2.45) is 5.92 Å². The molecule has 0 atom stereocenters. The lowest BCUT2D eigenvalue weighted by Crippen LogP contribution is -2.41. The van der Waals surface area contributed by atoms with Crippen molar-refractivity contribution in [2.45, 2.75) is 12.8 Å². The van der Waals surface area contributed by atoms with Crippen LogP contribution in [0.5, 0.6) is 5.75 Å². The topological polar surface area (TPSA) is 57.7 Å². The molecular formula is C21H30N4O2S. The van der Waals surface area contributed by atoms with Crippen molar-refractivity contribution in [3.8, 4) is 16.3 Å². The van der Waals surface area contributed by atoms with Gasteiger partial charge in [-0.15, -0.1) is 11.3 Å². The minimum Gasteiger partial charge on any atom is -0.496 e. The number of nitrogens with zero attached hydrogens (tertiary/aromatic N) is 3. The monoisotopic (exact) mass is 402 g/mol. The molecule has 0 radical (unpaired) electrons. The first kappa shape index (κ1) is 20.8. The van der Waals surface area contributed by atoms with Gasteiger partial charge in [-0.1, -0.05) is 12.1 Å². The fourth-order valence-corrected chi connectivity index (χ4v) is 4.24. The van der Waals surface area contributed by atoms with E-state index in [1.165, 1.54) is 11.3 Å². The van der Waals surface area contributed by atoms with Gasteiger partial charge in [0.2, 0.25) is 0 Å². The quantitative estimate of drug-likeness (QED) is 0.736. The lowest BCUT2D eigenvalue weighted by molar-refractivity contribution is 0.0931. The number of piperidine rings is 1. The number of hydrogen-bond donors (Lipinski definition) is 1. The summed E-state index contributed by atoms with van der Waals surface area (Å²) in [5.41, 5.74) is 1.40. The molecular weight excluding hydrogens is 372 g/mol. The number of aromatic nitrogens is 1. The third-order valence-corrected chi connectivity index (χ3v) is 6.07. The summed E-state index contributed by atoms with van der Waals surface area (Å²) in [6, 6.07) is 7.74. The number of hydrogen-bond acceptors (Lipinski definition) is 6. The van der Waals surface area contributed by atoms with E-state index in [1.807, 2.05) is 29.6 Å². The van der Waals surface area contributed by atoms with Crippen molar-refractivity contribution in [1.29, 1.82) is 0 Å². The van der Waals surface area contributed by atoms with Gasteiger partial charge in [0.25, 0.3) is 5.91 Å². The van der Waals surface area contributed by atoms with Gasteiger partial charge in [-0.25, -0.2) is 4.98 Å². The molecule has 1 fully saturated rings. The molecule has 152 valence electrons. The van der Waals surface area contributed by atoms with Gasteiger partial charge in [-0.3, -0.25) is 4.79 Å². The Balaban J connectivity index is 1.48. The highest BCUT2D eigenvalue weighted by atomic mass is 32.1. The van der Waals surface area contributed by atoms with Crippen LogP contribution in [-0.2, 0) is 0 Å². The number of likely N-dealkylation sites (N-methyl/N-ethyl adjacent to an activating group) is 1. The van der Waals surface area contributed by atoms with Crippen molar-refractivity contribution < 1.29 is 9.53 Å². The van der Waals surface area contributed by atoms with Crippen LogP contribution >= 0.6 is 11.3 Å². The van der Waals surface area contributed by atoms with Gasteiger partial charge in [-0.05, 0) is 58.1 Å². The van der Waals surface area contributed by atoms with Crippen LogP contribution in [-0.4, -0.2) is 74.6 Å². The summed E-state index contributed by atoms with van der Waals surface area (Å²) in [5, 5.41) is 5.70. The Morgan fingerprint density at radius 2 is 2.07 bits per heavy atom. The summed E-state index contributed by atoms with van der Waals surface area (Å²) >= 11 is 1.47. The molecule has 1 aromatic heterocycles. The second kappa shape index (κ2) is 10.0. The fraction of sp³-hybridized carbons (Fsp3) is 0.524. The van der Waals surface area contributed by atoms with Crippen LogP contribution in [0.3, 0.4) is 0 Å². The number of ether oxygens (including phenoxy) is 1. The van der Waals surface area contributed by atoms with Gasteiger partial charge in [-0.2, -0.15) is 0 Å². The highest BCUT2D eigenvalue weighted by Crippen LogP contribution is 2.31. The standard InChI is InChI=1S/C21H30N4O2S/c1-24(2)12-13-25-10-8-16(9-11-25)14-22-20(26)18-15-28-21(23-18)17-6-4-5-7-19(17)27-3/h4-7,15-16H,8-14H2,1-3H3,(H,22,26). The molecule has 1 aliphatic heterocycles. The Labute approximate surface area is 171 Å². The van der Waals surface area contributed by atoms with E-state index >= 15 is 0 Å². The number of carbonyl (C=O) groups is 1. The largest absolute Gasteiger partial charge is 0.496 e. The lowest BCUT2D eigenvalue weighted by Gasteiger charge is -2.32. The third kappa shape index (κ3) is 5.53. The normalized spacial score (nSPS) is 15.7. The summed E-state index contributed by atoms with van der Waals surface area (Å²) < 4.78 is 5.39. The van der Waals surface area contributed by atoms with Gasteiger partial charge >= 0.3 is 0 Å². The maximum absolute atomic E-state index is 12.5. The van der Waals surface area contributed by atoms with Crippen LogP contribution in [0.15, 0.2) is 29.6 Å². The molecule has 2 aromatic rings. The molecule has 1 amide bonds. The molecule has 0 bridgehead atoms. The first-order valence-electron chi connectivity index (χ1n) is 9.81. The third-order valence-electron chi connectivity index (χ3n) is 5.20.